The molecule has 0 N–H and O–H groups in total. The lowest BCUT2D eigenvalue weighted by Gasteiger charge is -2.20. The molecule has 0 saturated carbocycles. The molecule has 1 aromatic heterocycles. The van der Waals surface area contributed by atoms with E-state index in [1.165, 1.54) is 0 Å². The lowest BCUT2D eigenvalue weighted by Crippen LogP contribution is -2.25. The van der Waals surface area contributed by atoms with Crippen molar-refractivity contribution in [3.05, 3.63) is 42.4 Å². The molecule has 0 aliphatic carbocycles. The van der Waals surface area contributed by atoms with Gasteiger partial charge in [0.2, 0.25) is 5.78 Å². The molecule has 23 heavy (non-hydrogen) atoms. The first-order chi connectivity index (χ1) is 10.8. The first kappa shape index (κ1) is 20.2. The van der Waals surface area contributed by atoms with Gasteiger partial charge >= 0.3 is 0 Å². The fraction of sp³-hybridized carbons (Fsp3) is 0.545. The Morgan fingerprint density at radius 3 is 2.57 bits per heavy atom. The number of aromatic nitrogens is 1. The smallest absolute Gasteiger partial charge is 0.255 e. The zero-order valence-electron chi connectivity index (χ0n) is 11.6. The lowest BCUT2D eigenvalue weighted by atomic mass is 10.1. The van der Waals surface area contributed by atoms with Crippen molar-refractivity contribution in [2.75, 3.05) is 13.1 Å². The number of carbonyl (C=O) groups excluding carboxylic acids is 1. The fourth-order valence-corrected chi connectivity index (χ4v) is 2.85. The molecular formula is C11H11Cl3IN7O. The number of halogens is 4. The quantitative estimate of drug-likeness (QED) is 0.0882. The second kappa shape index (κ2) is 9.46. The number of azide groups is 2. The number of Topliss-reactive ketones (excluding diaryl/α,β-unsaturated/α-hetero) is 1. The number of alkyl halides is 3. The monoisotopic (exact) mass is 489 g/mol. The molecule has 1 aromatic rings. The molecule has 0 spiro atoms. The van der Waals surface area contributed by atoms with Gasteiger partial charge in [-0.3, -0.25) is 4.79 Å². The number of hydrogen-bond acceptors (Lipinski definition) is 3. The highest BCUT2D eigenvalue weighted by Gasteiger charge is 2.34. The third kappa shape index (κ3) is 6.29. The summed E-state index contributed by atoms with van der Waals surface area (Å²) in [4.78, 5) is 17.7. The van der Waals surface area contributed by atoms with Gasteiger partial charge < -0.3 is 4.57 Å². The van der Waals surface area contributed by atoms with Crippen molar-refractivity contribution in [2.24, 2.45) is 10.2 Å². The van der Waals surface area contributed by atoms with E-state index in [1.807, 2.05) is 22.6 Å². The van der Waals surface area contributed by atoms with Crippen molar-refractivity contribution >= 4 is 63.2 Å². The Kier molecular flexibility index (Phi) is 8.32. The average molecular weight is 491 g/mol. The maximum Gasteiger partial charge on any atom is 0.255 e. The molecule has 0 aliphatic rings. The summed E-state index contributed by atoms with van der Waals surface area (Å²) in [5.41, 5.74) is 17.1. The Balaban J connectivity index is 3.11. The fourth-order valence-electron chi connectivity index (χ4n) is 1.97. The Morgan fingerprint density at radius 2 is 2.00 bits per heavy atom. The van der Waals surface area contributed by atoms with E-state index in [4.69, 9.17) is 45.9 Å². The third-order valence-corrected chi connectivity index (χ3v) is 4.02. The van der Waals surface area contributed by atoms with Crippen molar-refractivity contribution in [1.29, 1.82) is 0 Å². The molecule has 0 unspecified atom stereocenters. The Morgan fingerprint density at radius 1 is 1.35 bits per heavy atom. The van der Waals surface area contributed by atoms with E-state index in [2.05, 4.69) is 20.1 Å². The van der Waals surface area contributed by atoms with Gasteiger partial charge in [0.1, 0.15) is 0 Å². The standard InChI is InChI=1S/C11H11Cl3IN7O/c12-11(13,14)10(23)9-4-7(15)6-22(9)8(5-19-21-17)2-1-3-18-20-16/h4,6,8H,1-3,5H2/t8-/m0/s1. The third-order valence-electron chi connectivity index (χ3n) is 2.91. The molecule has 1 rings (SSSR count). The van der Waals surface area contributed by atoms with Crippen molar-refractivity contribution in [3.63, 3.8) is 0 Å². The predicted molar refractivity (Wildman–Crippen MR) is 98.1 cm³/mol. The maximum absolute atomic E-state index is 12.3. The summed E-state index contributed by atoms with van der Waals surface area (Å²) in [5, 5.41) is 7.02. The highest BCUT2D eigenvalue weighted by molar-refractivity contribution is 14.1. The van der Waals surface area contributed by atoms with Gasteiger partial charge in [-0.25, -0.2) is 0 Å². The zero-order valence-corrected chi connectivity index (χ0v) is 16.0. The van der Waals surface area contributed by atoms with Gasteiger partial charge in [-0.15, -0.1) is 0 Å². The highest BCUT2D eigenvalue weighted by atomic mass is 127. The summed E-state index contributed by atoms with van der Waals surface area (Å²) in [6.07, 6.45) is 2.81. The first-order valence-corrected chi connectivity index (χ1v) is 8.53. The minimum Gasteiger partial charge on any atom is -0.341 e. The van der Waals surface area contributed by atoms with Crippen LogP contribution in [0.4, 0.5) is 0 Å². The molecule has 8 nitrogen and oxygen atoms in total. The summed E-state index contributed by atoms with van der Waals surface area (Å²) in [7, 11) is 0. The van der Waals surface area contributed by atoms with Gasteiger partial charge in [0.15, 0.2) is 0 Å². The van der Waals surface area contributed by atoms with Gasteiger partial charge in [-0.05, 0) is 52.6 Å². The summed E-state index contributed by atoms with van der Waals surface area (Å²) in [6, 6.07) is 1.29. The summed E-state index contributed by atoms with van der Waals surface area (Å²) in [5.74, 6) is -0.661. The molecule has 0 bridgehead atoms. The van der Waals surface area contributed by atoms with E-state index in [9.17, 15) is 4.79 Å². The Hall–Kier alpha value is -0.830. The van der Waals surface area contributed by atoms with E-state index in [0.29, 0.717) is 19.4 Å². The van der Waals surface area contributed by atoms with Gasteiger partial charge in [0.25, 0.3) is 3.79 Å². The van der Waals surface area contributed by atoms with Crippen LogP contribution in [0.1, 0.15) is 29.4 Å². The van der Waals surface area contributed by atoms with Crippen LogP contribution in [-0.2, 0) is 0 Å². The summed E-state index contributed by atoms with van der Waals surface area (Å²) < 4.78 is 0.338. The number of rotatable bonds is 8. The number of ketones is 1. The largest absolute Gasteiger partial charge is 0.341 e. The van der Waals surface area contributed by atoms with Gasteiger partial charge in [0.05, 0.1) is 5.69 Å². The van der Waals surface area contributed by atoms with E-state index < -0.39 is 9.58 Å². The van der Waals surface area contributed by atoms with Crippen LogP contribution >= 0.6 is 57.4 Å². The second-order valence-electron chi connectivity index (χ2n) is 4.44. The Labute approximate surface area is 160 Å². The van der Waals surface area contributed by atoms with Crippen LogP contribution in [0, 0.1) is 3.57 Å². The van der Waals surface area contributed by atoms with Gasteiger partial charge in [-0.1, -0.05) is 45.0 Å². The van der Waals surface area contributed by atoms with Crippen LogP contribution < -0.4 is 0 Å². The zero-order chi connectivity index (χ0) is 17.5. The molecule has 0 saturated heterocycles. The first-order valence-electron chi connectivity index (χ1n) is 6.32. The van der Waals surface area contributed by atoms with Crippen LogP contribution in [0.25, 0.3) is 20.9 Å². The van der Waals surface area contributed by atoms with Crippen LogP contribution in [0.5, 0.6) is 0 Å². The number of carbonyl (C=O) groups is 1. The van der Waals surface area contributed by atoms with Crippen LogP contribution in [-0.4, -0.2) is 27.2 Å². The average Bonchev–Trinajstić information content (AvgIpc) is 2.86. The molecule has 0 fully saturated rings. The molecule has 1 atom stereocenters. The van der Waals surface area contributed by atoms with E-state index in [-0.39, 0.29) is 18.3 Å². The minimum atomic E-state index is -2.08. The van der Waals surface area contributed by atoms with Crippen molar-refractivity contribution < 1.29 is 4.79 Å². The Bertz CT molecular complexity index is 659. The molecule has 0 amide bonds. The van der Waals surface area contributed by atoms with Gasteiger partial charge in [-0.2, -0.15) is 0 Å². The van der Waals surface area contributed by atoms with Crippen LogP contribution in [0.3, 0.4) is 0 Å². The highest BCUT2D eigenvalue weighted by Crippen LogP contribution is 2.33. The lowest BCUT2D eigenvalue weighted by molar-refractivity contribution is 0.0985. The molecule has 1 heterocycles. The number of hydrogen-bond donors (Lipinski definition) is 0. The summed E-state index contributed by atoms with van der Waals surface area (Å²) >= 11 is 19.1. The van der Waals surface area contributed by atoms with E-state index in [0.717, 1.165) is 3.57 Å². The summed E-state index contributed by atoms with van der Waals surface area (Å²) in [6.45, 7) is 0.424. The molecule has 0 aliphatic heterocycles. The van der Waals surface area contributed by atoms with Crippen molar-refractivity contribution in [2.45, 2.75) is 22.7 Å². The topological polar surface area (TPSA) is 120 Å². The SMILES string of the molecule is [N-]=[N+]=NCCC[C@@H](CN=[N+]=[N-])n1cc(I)cc1C(=O)C(Cl)(Cl)Cl. The predicted octanol–water partition coefficient (Wildman–Crippen LogP) is 5.59. The molecular weight excluding hydrogens is 479 g/mol. The molecule has 124 valence electrons. The molecule has 12 heteroatoms. The van der Waals surface area contributed by atoms with E-state index in [1.54, 1.807) is 16.8 Å². The molecule has 0 radical (unpaired) electrons. The van der Waals surface area contributed by atoms with Crippen molar-refractivity contribution in [3.8, 4) is 0 Å². The minimum absolute atomic E-state index is 0.123. The maximum atomic E-state index is 12.3. The second-order valence-corrected chi connectivity index (χ2v) is 7.97. The van der Waals surface area contributed by atoms with Crippen LogP contribution in [0.15, 0.2) is 22.5 Å². The molecule has 0 aromatic carbocycles. The normalized spacial score (nSPS) is 12.2. The number of nitrogens with zero attached hydrogens (tertiary/aromatic N) is 7. The van der Waals surface area contributed by atoms with Crippen molar-refractivity contribution in [1.82, 2.24) is 4.57 Å². The van der Waals surface area contributed by atoms with E-state index >= 15 is 0 Å². The van der Waals surface area contributed by atoms with Gasteiger partial charge in [0, 0.05) is 38.7 Å². The van der Waals surface area contributed by atoms with Crippen LogP contribution in [0.2, 0.25) is 0 Å².